The molecule has 0 spiro atoms. The first kappa shape index (κ1) is 20.3. The highest BCUT2D eigenvalue weighted by Crippen LogP contribution is 2.42. The third-order valence-corrected chi connectivity index (χ3v) is 6.49. The van der Waals surface area contributed by atoms with Gasteiger partial charge in [0.25, 0.3) is 5.91 Å². The lowest BCUT2D eigenvalue weighted by molar-refractivity contribution is 0.0714. The number of halogens is 1. The van der Waals surface area contributed by atoms with Crippen molar-refractivity contribution in [3.8, 4) is 27.6 Å². The minimum atomic E-state index is -0.596. The van der Waals surface area contributed by atoms with Crippen molar-refractivity contribution in [2.75, 3.05) is 13.1 Å². The second-order valence-electron chi connectivity index (χ2n) is 7.51. The number of aromatic nitrogens is 1. The molecule has 1 saturated heterocycles. The summed E-state index contributed by atoms with van der Waals surface area (Å²) in [5.41, 5.74) is 8.83. The molecule has 1 atom stereocenters. The molecule has 0 radical (unpaired) electrons. The van der Waals surface area contributed by atoms with Gasteiger partial charge in [0.2, 0.25) is 0 Å². The molecule has 3 aromatic rings. The second kappa shape index (κ2) is 8.01. The number of hydrogen-bond donors (Lipinski definition) is 1. The lowest BCUT2D eigenvalue weighted by Crippen LogP contribution is -2.45. The zero-order chi connectivity index (χ0) is 21.4. The van der Waals surface area contributed by atoms with E-state index in [0.717, 1.165) is 23.3 Å². The lowest BCUT2D eigenvalue weighted by atomic mass is 10.00. The molecular formula is C22H21FN4O2S. The molecule has 2 aromatic heterocycles. The number of nitriles is 1. The molecule has 1 aliphatic rings. The number of thiophene rings is 1. The van der Waals surface area contributed by atoms with Gasteiger partial charge in [-0.2, -0.15) is 5.26 Å². The molecule has 3 heterocycles. The lowest BCUT2D eigenvalue weighted by Gasteiger charge is -2.30. The first-order valence-corrected chi connectivity index (χ1v) is 10.5. The summed E-state index contributed by atoms with van der Waals surface area (Å²) in [5.74, 6) is -0.0481. The number of nitrogens with two attached hydrogens (primary N) is 1. The third kappa shape index (κ3) is 3.62. The monoisotopic (exact) mass is 424 g/mol. The Labute approximate surface area is 177 Å². The molecular weight excluding hydrogens is 403 g/mol. The Kier molecular flexibility index (Phi) is 5.41. The summed E-state index contributed by atoms with van der Waals surface area (Å²) < 4.78 is 19.7. The molecule has 8 heteroatoms. The average molecular weight is 425 g/mol. The number of likely N-dealkylation sites (tertiary alicyclic amines) is 1. The number of nitrogens with zero attached hydrogens (tertiary/aromatic N) is 3. The molecule has 30 heavy (non-hydrogen) atoms. The van der Waals surface area contributed by atoms with E-state index in [-0.39, 0.29) is 17.5 Å². The highest BCUT2D eigenvalue weighted by atomic mass is 32.1. The quantitative estimate of drug-likeness (QED) is 0.678. The predicted octanol–water partition coefficient (Wildman–Crippen LogP) is 4.26. The molecule has 2 N–H and O–H groups in total. The van der Waals surface area contributed by atoms with Gasteiger partial charge < -0.3 is 15.2 Å². The zero-order valence-corrected chi connectivity index (χ0v) is 17.6. The van der Waals surface area contributed by atoms with Crippen LogP contribution in [0.3, 0.4) is 0 Å². The zero-order valence-electron chi connectivity index (χ0n) is 16.7. The number of carbonyl (C=O) groups excluding carboxylic acids is 1. The molecule has 4 rings (SSSR count). The van der Waals surface area contributed by atoms with Gasteiger partial charge >= 0.3 is 0 Å². The van der Waals surface area contributed by atoms with Crippen LogP contribution in [-0.2, 0) is 0 Å². The Morgan fingerprint density at radius 3 is 2.83 bits per heavy atom. The van der Waals surface area contributed by atoms with E-state index in [2.05, 4.69) is 5.16 Å². The van der Waals surface area contributed by atoms with Crippen molar-refractivity contribution in [2.45, 2.75) is 32.7 Å². The summed E-state index contributed by atoms with van der Waals surface area (Å²) in [6.07, 6.45) is 1.79. The van der Waals surface area contributed by atoms with Crippen LogP contribution in [0, 0.1) is 31.0 Å². The number of aryl methyl sites for hydroxylation is 2. The minimum Gasteiger partial charge on any atom is -0.361 e. The van der Waals surface area contributed by atoms with Crippen LogP contribution in [0.4, 0.5) is 4.39 Å². The highest BCUT2D eigenvalue weighted by molar-refractivity contribution is 7.18. The number of carbonyl (C=O) groups is 1. The van der Waals surface area contributed by atoms with Crippen LogP contribution < -0.4 is 5.73 Å². The van der Waals surface area contributed by atoms with Gasteiger partial charge in [0.1, 0.15) is 17.6 Å². The van der Waals surface area contributed by atoms with Crippen LogP contribution >= 0.6 is 11.3 Å². The Morgan fingerprint density at radius 2 is 2.20 bits per heavy atom. The third-order valence-electron chi connectivity index (χ3n) is 5.35. The smallest absolute Gasteiger partial charge is 0.264 e. The van der Waals surface area contributed by atoms with Crippen molar-refractivity contribution in [3.05, 3.63) is 52.0 Å². The molecule has 1 aromatic carbocycles. The van der Waals surface area contributed by atoms with Gasteiger partial charge in [-0.1, -0.05) is 11.2 Å². The van der Waals surface area contributed by atoms with E-state index in [1.165, 1.54) is 23.5 Å². The van der Waals surface area contributed by atoms with Crippen molar-refractivity contribution >= 4 is 17.2 Å². The van der Waals surface area contributed by atoms with E-state index in [0.29, 0.717) is 40.5 Å². The average Bonchev–Trinajstić information content (AvgIpc) is 3.30. The Hall–Kier alpha value is -3.02. The van der Waals surface area contributed by atoms with E-state index < -0.39 is 5.82 Å². The maximum atomic E-state index is 14.3. The molecule has 1 aliphatic heterocycles. The molecule has 1 unspecified atom stereocenters. The van der Waals surface area contributed by atoms with Crippen molar-refractivity contribution in [3.63, 3.8) is 0 Å². The fraction of sp³-hybridized carbons (Fsp3) is 0.318. The van der Waals surface area contributed by atoms with E-state index >= 15 is 0 Å². The maximum absolute atomic E-state index is 14.3. The van der Waals surface area contributed by atoms with Crippen LogP contribution in [-0.4, -0.2) is 35.1 Å². The van der Waals surface area contributed by atoms with Gasteiger partial charge in [0.15, 0.2) is 0 Å². The standard InChI is InChI=1S/C22H21FN4O2S/c1-12-20(13(2)29-26-12)21-17(14-5-6-15(10-24)18(23)8-14)9-19(30-21)22(28)27-7-3-4-16(25)11-27/h5-6,8-9,16H,3-4,7,11,25H2,1-2H3. The molecule has 1 amide bonds. The first-order valence-electron chi connectivity index (χ1n) is 9.71. The van der Waals surface area contributed by atoms with Crippen LogP contribution in [0.25, 0.3) is 21.6 Å². The Bertz CT molecular complexity index is 1140. The van der Waals surface area contributed by atoms with Gasteiger partial charge in [-0.15, -0.1) is 11.3 Å². The van der Waals surface area contributed by atoms with Crippen LogP contribution in [0.2, 0.25) is 0 Å². The highest BCUT2D eigenvalue weighted by Gasteiger charge is 2.27. The van der Waals surface area contributed by atoms with E-state index in [9.17, 15) is 9.18 Å². The summed E-state index contributed by atoms with van der Waals surface area (Å²) in [6, 6.07) is 8.07. The van der Waals surface area contributed by atoms with Crippen LogP contribution in [0.1, 0.15) is 39.5 Å². The summed E-state index contributed by atoms with van der Waals surface area (Å²) >= 11 is 1.34. The summed E-state index contributed by atoms with van der Waals surface area (Å²) in [7, 11) is 0. The van der Waals surface area contributed by atoms with Crippen molar-refractivity contribution in [1.82, 2.24) is 10.1 Å². The summed E-state index contributed by atoms with van der Waals surface area (Å²) in [6.45, 7) is 4.84. The molecule has 6 nitrogen and oxygen atoms in total. The molecule has 154 valence electrons. The van der Waals surface area contributed by atoms with Crippen LogP contribution in [0.15, 0.2) is 28.8 Å². The number of hydrogen-bond acceptors (Lipinski definition) is 6. The largest absolute Gasteiger partial charge is 0.361 e. The predicted molar refractivity (Wildman–Crippen MR) is 113 cm³/mol. The van der Waals surface area contributed by atoms with Crippen molar-refractivity contribution < 1.29 is 13.7 Å². The number of amides is 1. The van der Waals surface area contributed by atoms with Gasteiger partial charge in [-0.05, 0) is 50.5 Å². The van der Waals surface area contributed by atoms with E-state index in [1.54, 1.807) is 17.0 Å². The van der Waals surface area contributed by atoms with Gasteiger partial charge in [-0.3, -0.25) is 4.79 Å². The fourth-order valence-electron chi connectivity index (χ4n) is 3.83. The van der Waals surface area contributed by atoms with Gasteiger partial charge in [-0.25, -0.2) is 4.39 Å². The molecule has 0 saturated carbocycles. The normalized spacial score (nSPS) is 16.5. The first-order chi connectivity index (χ1) is 14.4. The van der Waals surface area contributed by atoms with Gasteiger partial charge in [0, 0.05) is 29.6 Å². The fourth-order valence-corrected chi connectivity index (χ4v) is 5.12. The number of piperidine rings is 1. The van der Waals surface area contributed by atoms with E-state index in [1.807, 2.05) is 19.9 Å². The topological polar surface area (TPSA) is 96.2 Å². The Morgan fingerprint density at radius 1 is 1.40 bits per heavy atom. The number of benzene rings is 1. The van der Waals surface area contributed by atoms with Crippen molar-refractivity contribution in [1.29, 1.82) is 5.26 Å². The number of rotatable bonds is 3. The van der Waals surface area contributed by atoms with E-state index in [4.69, 9.17) is 15.5 Å². The molecule has 1 fully saturated rings. The molecule has 0 aliphatic carbocycles. The SMILES string of the molecule is Cc1noc(C)c1-c1sc(C(=O)N2CCCC(N)C2)cc1-c1ccc(C#N)c(F)c1. The summed E-state index contributed by atoms with van der Waals surface area (Å²) in [4.78, 5) is 16.3. The summed E-state index contributed by atoms with van der Waals surface area (Å²) in [5, 5.41) is 13.1. The maximum Gasteiger partial charge on any atom is 0.264 e. The Balaban J connectivity index is 1.83. The van der Waals surface area contributed by atoms with Gasteiger partial charge in [0.05, 0.1) is 21.7 Å². The van der Waals surface area contributed by atoms with Crippen LogP contribution in [0.5, 0.6) is 0 Å². The minimum absolute atomic E-state index is 0.0169. The van der Waals surface area contributed by atoms with Crippen molar-refractivity contribution in [2.24, 2.45) is 5.73 Å². The second-order valence-corrected chi connectivity index (χ2v) is 8.56. The molecule has 0 bridgehead atoms.